The Labute approximate surface area is 95.7 Å². The van der Waals surface area contributed by atoms with E-state index in [0.29, 0.717) is 0 Å². The maximum Gasteiger partial charge on any atom is 0.692 e. The van der Waals surface area contributed by atoms with Crippen LogP contribution in [-0.2, 0) is 4.57 Å². The van der Waals surface area contributed by atoms with E-state index in [9.17, 15) is 0 Å². The van der Waals surface area contributed by atoms with Crippen molar-refractivity contribution in [1.29, 1.82) is 0 Å². The van der Waals surface area contributed by atoms with Crippen molar-refractivity contribution < 1.29 is 19.1 Å². The summed E-state index contributed by atoms with van der Waals surface area (Å²) in [6.07, 6.45) is 0. The zero-order valence-corrected chi connectivity index (χ0v) is 9.89. The molecular formula is C7H12Cl2O4P+. The van der Waals surface area contributed by atoms with Crippen LogP contribution in [-0.4, -0.2) is 16.9 Å². The molecule has 0 spiro atoms. The molecule has 0 aliphatic rings. The first-order valence-electron chi connectivity index (χ1n) is 3.11. The molecule has 0 radical (unpaired) electrons. The molecule has 1 aromatic rings. The molecule has 14 heavy (non-hydrogen) atoms. The molecule has 1 rings (SSSR count). The number of rotatable bonds is 1. The van der Waals surface area contributed by atoms with E-state index in [0.717, 1.165) is 5.75 Å². The first kappa shape index (κ1) is 19.2. The monoisotopic (exact) mass is 261 g/mol. The number of para-hydroxylation sites is 1. The first-order chi connectivity index (χ1) is 5.66. The minimum Gasteiger partial charge on any atom is -0.497 e. The third-order valence-electron chi connectivity index (χ3n) is 0.979. The summed E-state index contributed by atoms with van der Waals surface area (Å²) in [5, 5.41) is 0. The largest absolute Gasteiger partial charge is 0.692 e. The van der Waals surface area contributed by atoms with Gasteiger partial charge in [0.15, 0.2) is 0 Å². The summed E-state index contributed by atoms with van der Waals surface area (Å²) in [6, 6.07) is 9.68. The van der Waals surface area contributed by atoms with E-state index in [4.69, 9.17) is 19.1 Å². The van der Waals surface area contributed by atoms with Crippen LogP contribution >= 0.6 is 33.1 Å². The van der Waals surface area contributed by atoms with Crippen LogP contribution in [0.1, 0.15) is 0 Å². The molecule has 0 amide bonds. The van der Waals surface area contributed by atoms with E-state index in [-0.39, 0.29) is 24.8 Å². The highest BCUT2D eigenvalue weighted by Crippen LogP contribution is 2.05. The summed E-state index contributed by atoms with van der Waals surface area (Å²) in [6.45, 7) is 0. The number of methoxy groups -OCH3 is 1. The summed E-state index contributed by atoms with van der Waals surface area (Å²) in [7, 11) is -1.21. The average Bonchev–Trinajstić information content (AvgIpc) is 2.05. The molecule has 1 aromatic carbocycles. The van der Waals surface area contributed by atoms with Gasteiger partial charge in [-0.05, 0) is 12.1 Å². The molecule has 7 heteroatoms. The number of hydrogen-bond acceptors (Lipinski definition) is 2. The standard InChI is InChI=1S/C7H8O.2ClH.HO3P/c1-8-7-5-3-2-4-6-7;;;1-4(2)3/h2-6H,1H3;2*1H;(H-,1,2,3)/p+1. The molecule has 0 saturated carbocycles. The second kappa shape index (κ2) is 12.6. The number of hydrogen-bond donors (Lipinski definition) is 2. The Bertz CT molecular complexity index is 228. The van der Waals surface area contributed by atoms with Gasteiger partial charge < -0.3 is 4.74 Å². The van der Waals surface area contributed by atoms with Gasteiger partial charge in [0.1, 0.15) is 5.75 Å². The first-order valence-corrected chi connectivity index (χ1v) is 4.27. The zero-order valence-electron chi connectivity index (χ0n) is 7.36. The number of ether oxygens (including phenoxy) is 1. The Hall–Kier alpha value is -0.380. The molecule has 0 aliphatic carbocycles. The molecule has 0 heterocycles. The highest BCUT2D eigenvalue weighted by molar-refractivity contribution is 7.30. The van der Waals surface area contributed by atoms with Gasteiger partial charge in [-0.25, -0.2) is 0 Å². The van der Waals surface area contributed by atoms with E-state index in [1.807, 2.05) is 30.3 Å². The fourth-order valence-electron chi connectivity index (χ4n) is 0.557. The van der Waals surface area contributed by atoms with Gasteiger partial charge in [0, 0.05) is 4.57 Å². The van der Waals surface area contributed by atoms with Crippen LogP contribution in [0.5, 0.6) is 5.75 Å². The lowest BCUT2D eigenvalue weighted by atomic mass is 10.3. The lowest BCUT2D eigenvalue weighted by molar-refractivity contribution is 0.405. The topological polar surface area (TPSA) is 66.8 Å². The molecule has 2 N–H and O–H groups in total. The van der Waals surface area contributed by atoms with Crippen LogP contribution in [0, 0.1) is 0 Å². The fraction of sp³-hybridized carbons (Fsp3) is 0.143. The minimum atomic E-state index is -2.87. The van der Waals surface area contributed by atoms with Crippen LogP contribution < -0.4 is 4.74 Å². The van der Waals surface area contributed by atoms with E-state index in [2.05, 4.69) is 0 Å². The lowest BCUT2D eigenvalue weighted by Gasteiger charge is -1.93. The van der Waals surface area contributed by atoms with Gasteiger partial charge in [-0.3, -0.25) is 0 Å². The smallest absolute Gasteiger partial charge is 0.497 e. The quantitative estimate of drug-likeness (QED) is 0.761. The fourth-order valence-corrected chi connectivity index (χ4v) is 0.557. The number of halogens is 2. The Morgan fingerprint density at radius 1 is 1.14 bits per heavy atom. The van der Waals surface area contributed by atoms with E-state index < -0.39 is 8.25 Å². The predicted molar refractivity (Wildman–Crippen MR) is 59.5 cm³/mol. The van der Waals surface area contributed by atoms with Gasteiger partial charge in [-0.1, -0.05) is 18.2 Å². The maximum absolute atomic E-state index is 8.70. The van der Waals surface area contributed by atoms with Crippen LogP contribution in [0.4, 0.5) is 0 Å². The summed E-state index contributed by atoms with van der Waals surface area (Å²) in [4.78, 5) is 14.2. The Kier molecular flexibility index (Phi) is 17.3. The van der Waals surface area contributed by atoms with E-state index in [1.165, 1.54) is 0 Å². The third kappa shape index (κ3) is 14.2. The van der Waals surface area contributed by atoms with Crippen molar-refractivity contribution >= 4 is 33.1 Å². The molecule has 4 nitrogen and oxygen atoms in total. The second-order valence-corrected chi connectivity index (χ2v) is 2.28. The minimum absolute atomic E-state index is 0. The zero-order chi connectivity index (χ0) is 9.40. The molecule has 0 saturated heterocycles. The van der Waals surface area contributed by atoms with Gasteiger partial charge in [-0.2, -0.15) is 0 Å². The van der Waals surface area contributed by atoms with Crippen LogP contribution in [0.25, 0.3) is 0 Å². The third-order valence-corrected chi connectivity index (χ3v) is 0.979. The predicted octanol–water partition coefficient (Wildman–Crippen LogP) is 2.17. The molecular weight excluding hydrogens is 250 g/mol. The van der Waals surface area contributed by atoms with Gasteiger partial charge in [-0.15, -0.1) is 34.6 Å². The number of benzene rings is 1. The lowest BCUT2D eigenvalue weighted by Crippen LogP contribution is -1.78. The van der Waals surface area contributed by atoms with Crippen molar-refractivity contribution in [2.45, 2.75) is 0 Å². The SMILES string of the molecule is COc1ccccc1.Cl.Cl.O=[P+](O)O. The van der Waals surface area contributed by atoms with Crippen molar-refractivity contribution in [1.82, 2.24) is 0 Å². The summed E-state index contributed by atoms with van der Waals surface area (Å²) in [5.41, 5.74) is 0. The molecule has 82 valence electrons. The second-order valence-electron chi connectivity index (χ2n) is 1.77. The van der Waals surface area contributed by atoms with E-state index in [1.54, 1.807) is 7.11 Å². The Morgan fingerprint density at radius 3 is 1.71 bits per heavy atom. The molecule has 0 atom stereocenters. The van der Waals surface area contributed by atoms with Gasteiger partial charge >= 0.3 is 8.25 Å². The summed E-state index contributed by atoms with van der Waals surface area (Å²) >= 11 is 0. The average molecular weight is 262 g/mol. The van der Waals surface area contributed by atoms with Crippen molar-refractivity contribution in [3.63, 3.8) is 0 Å². The van der Waals surface area contributed by atoms with Gasteiger partial charge in [0.05, 0.1) is 7.11 Å². The van der Waals surface area contributed by atoms with E-state index >= 15 is 0 Å². The maximum atomic E-state index is 8.70. The molecule has 0 aliphatic heterocycles. The Balaban J connectivity index is -0.000000180. The highest BCUT2D eigenvalue weighted by Gasteiger charge is 1.93. The normalized spacial score (nSPS) is 6.79. The van der Waals surface area contributed by atoms with Gasteiger partial charge in [0.2, 0.25) is 0 Å². The highest BCUT2D eigenvalue weighted by atomic mass is 35.5. The van der Waals surface area contributed by atoms with Crippen molar-refractivity contribution in [2.75, 3.05) is 7.11 Å². The van der Waals surface area contributed by atoms with Crippen LogP contribution in [0.3, 0.4) is 0 Å². The van der Waals surface area contributed by atoms with Gasteiger partial charge in [0.25, 0.3) is 0 Å². The Morgan fingerprint density at radius 2 is 1.50 bits per heavy atom. The van der Waals surface area contributed by atoms with Crippen molar-refractivity contribution in [3.05, 3.63) is 30.3 Å². The molecule has 0 aromatic heterocycles. The van der Waals surface area contributed by atoms with Crippen molar-refractivity contribution in [2.24, 2.45) is 0 Å². The molecule has 0 bridgehead atoms. The molecule has 0 fully saturated rings. The summed E-state index contributed by atoms with van der Waals surface area (Å²) < 4.78 is 13.6. The molecule has 0 unspecified atom stereocenters. The summed E-state index contributed by atoms with van der Waals surface area (Å²) in [5.74, 6) is 0.910. The van der Waals surface area contributed by atoms with Crippen molar-refractivity contribution in [3.8, 4) is 5.75 Å². The van der Waals surface area contributed by atoms with Crippen LogP contribution in [0.2, 0.25) is 0 Å². The van der Waals surface area contributed by atoms with Crippen LogP contribution in [0.15, 0.2) is 30.3 Å².